The first kappa shape index (κ1) is 20.3. The lowest BCUT2D eigenvalue weighted by atomic mass is 9.79. The van der Waals surface area contributed by atoms with E-state index in [1.165, 1.54) is 6.20 Å². The van der Waals surface area contributed by atoms with Gasteiger partial charge in [0.25, 0.3) is 5.91 Å². The van der Waals surface area contributed by atoms with Crippen molar-refractivity contribution < 1.29 is 9.90 Å². The maximum absolute atomic E-state index is 13.1. The number of aromatic nitrogens is 1. The van der Waals surface area contributed by atoms with E-state index in [4.69, 9.17) is 11.6 Å². The fourth-order valence-corrected chi connectivity index (χ4v) is 4.61. The molecule has 2 aromatic rings. The van der Waals surface area contributed by atoms with Crippen LogP contribution in [0.2, 0.25) is 5.02 Å². The third-order valence-corrected chi connectivity index (χ3v) is 6.41. The van der Waals surface area contributed by atoms with Crippen molar-refractivity contribution in [2.45, 2.75) is 18.1 Å². The first-order valence-electron chi connectivity index (χ1n) is 10.1. The van der Waals surface area contributed by atoms with Crippen molar-refractivity contribution in [3.63, 3.8) is 0 Å². The van der Waals surface area contributed by atoms with E-state index in [1.807, 2.05) is 35.2 Å². The third-order valence-electron chi connectivity index (χ3n) is 6.20. The van der Waals surface area contributed by atoms with Crippen molar-refractivity contribution in [2.24, 2.45) is 0 Å². The van der Waals surface area contributed by atoms with Gasteiger partial charge in [-0.2, -0.15) is 0 Å². The number of hydrogen-bond acceptors (Lipinski definition) is 5. The Hall–Kier alpha value is -1.99. The molecule has 4 rings (SSSR count). The summed E-state index contributed by atoms with van der Waals surface area (Å²) >= 11 is 6.03. The summed E-state index contributed by atoms with van der Waals surface area (Å²) in [6, 6.07) is 11.3. The molecule has 0 spiro atoms. The van der Waals surface area contributed by atoms with Crippen LogP contribution in [0.5, 0.6) is 0 Å². The molecule has 1 aromatic carbocycles. The Labute approximate surface area is 176 Å². The lowest BCUT2D eigenvalue weighted by Crippen LogP contribution is -2.64. The molecular formula is C22H27ClN4O2. The zero-order valence-corrected chi connectivity index (χ0v) is 17.4. The summed E-state index contributed by atoms with van der Waals surface area (Å²) < 4.78 is 0. The zero-order chi connectivity index (χ0) is 20.4. The maximum atomic E-state index is 13.1. The number of hydrogen-bond donors (Lipinski definition) is 1. The molecule has 1 aromatic heterocycles. The number of piperidine rings is 1. The summed E-state index contributed by atoms with van der Waals surface area (Å²) in [7, 11) is 2.11. The monoisotopic (exact) mass is 414 g/mol. The SMILES string of the molecule is CN1CCN([C@@H]2CN(C(=O)c3cncc(Cl)c3)CC[C@]2(O)c2ccccc2)CC1. The number of carbonyl (C=O) groups excluding carboxylic acids is 1. The topological polar surface area (TPSA) is 59.9 Å². The first-order valence-corrected chi connectivity index (χ1v) is 10.5. The Bertz CT molecular complexity index is 857. The minimum atomic E-state index is -0.986. The molecule has 154 valence electrons. The van der Waals surface area contributed by atoms with E-state index in [0.717, 1.165) is 31.7 Å². The summed E-state index contributed by atoms with van der Waals surface area (Å²) in [6.45, 7) is 4.61. The molecule has 2 saturated heterocycles. The highest BCUT2D eigenvalue weighted by molar-refractivity contribution is 6.30. The normalized spacial score (nSPS) is 26.4. The van der Waals surface area contributed by atoms with Gasteiger partial charge < -0.3 is 14.9 Å². The van der Waals surface area contributed by atoms with E-state index in [1.54, 1.807) is 12.3 Å². The van der Waals surface area contributed by atoms with Crippen molar-refractivity contribution >= 4 is 17.5 Å². The van der Waals surface area contributed by atoms with Crippen LogP contribution in [0.4, 0.5) is 0 Å². The molecule has 2 atom stereocenters. The lowest BCUT2D eigenvalue weighted by molar-refractivity contribution is -0.101. The average molecular weight is 415 g/mol. The van der Waals surface area contributed by atoms with Gasteiger partial charge in [0.15, 0.2) is 0 Å². The first-order chi connectivity index (χ1) is 14.0. The summed E-state index contributed by atoms with van der Waals surface area (Å²) in [6.07, 6.45) is 3.57. The highest BCUT2D eigenvalue weighted by Crippen LogP contribution is 2.37. The number of piperazine rings is 1. The molecule has 2 aliphatic rings. The number of amides is 1. The highest BCUT2D eigenvalue weighted by Gasteiger charge is 2.47. The third kappa shape index (κ3) is 4.16. The van der Waals surface area contributed by atoms with Crippen molar-refractivity contribution in [1.29, 1.82) is 0 Å². The van der Waals surface area contributed by atoms with Crippen LogP contribution < -0.4 is 0 Å². The lowest BCUT2D eigenvalue weighted by Gasteiger charge is -2.51. The van der Waals surface area contributed by atoms with Crippen molar-refractivity contribution in [3.05, 3.63) is 64.9 Å². The molecule has 3 heterocycles. The van der Waals surface area contributed by atoms with Crippen LogP contribution >= 0.6 is 11.6 Å². The molecule has 0 saturated carbocycles. The smallest absolute Gasteiger partial charge is 0.255 e. The van der Waals surface area contributed by atoms with Gasteiger partial charge in [-0.25, -0.2) is 0 Å². The summed E-state index contributed by atoms with van der Waals surface area (Å²) in [5.74, 6) is -0.0887. The summed E-state index contributed by atoms with van der Waals surface area (Å²) in [4.78, 5) is 23.6. The fourth-order valence-electron chi connectivity index (χ4n) is 4.43. The predicted octanol–water partition coefficient (Wildman–Crippen LogP) is 2.08. The standard InChI is InChI=1S/C22H27ClN4O2/c1-25-9-11-26(12-10-25)20-16-27(21(28)17-13-19(23)15-24-14-17)8-7-22(20,29)18-5-3-2-4-6-18/h2-6,13-15,20,29H,7-12,16H2,1H3/t20-,22+/m1/s1. The number of pyridine rings is 1. The Morgan fingerprint density at radius 2 is 1.86 bits per heavy atom. The Kier molecular flexibility index (Phi) is 5.88. The molecule has 6 nitrogen and oxygen atoms in total. The number of aliphatic hydroxyl groups is 1. The van der Waals surface area contributed by atoms with Crippen molar-refractivity contribution in [2.75, 3.05) is 46.3 Å². The zero-order valence-electron chi connectivity index (χ0n) is 16.7. The van der Waals surface area contributed by atoms with E-state index < -0.39 is 5.60 Å². The molecule has 2 fully saturated rings. The van der Waals surface area contributed by atoms with Gasteiger partial charge in [-0.3, -0.25) is 14.7 Å². The number of rotatable bonds is 3. The number of nitrogens with zero attached hydrogens (tertiary/aromatic N) is 4. The summed E-state index contributed by atoms with van der Waals surface area (Å²) in [5.41, 5.74) is 0.417. The van der Waals surface area contributed by atoms with E-state index in [2.05, 4.69) is 21.8 Å². The molecular weight excluding hydrogens is 388 g/mol. The molecule has 0 radical (unpaired) electrons. The fraction of sp³-hybridized carbons (Fsp3) is 0.455. The largest absolute Gasteiger partial charge is 0.383 e. The summed E-state index contributed by atoms with van der Waals surface area (Å²) in [5, 5.41) is 12.3. The number of benzene rings is 1. The van der Waals surface area contributed by atoms with Gasteiger partial charge in [-0.15, -0.1) is 0 Å². The van der Waals surface area contributed by atoms with Crippen LogP contribution in [-0.4, -0.2) is 83.1 Å². The van der Waals surface area contributed by atoms with Crippen LogP contribution in [0.1, 0.15) is 22.3 Å². The molecule has 7 heteroatoms. The van der Waals surface area contributed by atoms with Crippen molar-refractivity contribution in [3.8, 4) is 0 Å². The molecule has 1 amide bonds. The van der Waals surface area contributed by atoms with E-state index in [0.29, 0.717) is 30.1 Å². The second-order valence-electron chi connectivity index (χ2n) is 8.04. The van der Waals surface area contributed by atoms with Gasteiger partial charge in [-0.05, 0) is 25.1 Å². The van der Waals surface area contributed by atoms with Gasteiger partial charge in [0.1, 0.15) is 5.60 Å². The molecule has 0 aliphatic carbocycles. The van der Waals surface area contributed by atoms with Gasteiger partial charge >= 0.3 is 0 Å². The molecule has 0 unspecified atom stereocenters. The second kappa shape index (κ2) is 8.40. The second-order valence-corrected chi connectivity index (χ2v) is 8.47. The molecule has 2 aliphatic heterocycles. The minimum absolute atomic E-state index is 0.0887. The number of halogens is 1. The van der Waals surface area contributed by atoms with E-state index in [9.17, 15) is 9.90 Å². The highest BCUT2D eigenvalue weighted by atomic mass is 35.5. The van der Waals surface area contributed by atoms with Gasteiger partial charge in [0.2, 0.25) is 0 Å². The molecule has 1 N–H and O–H groups in total. The van der Waals surface area contributed by atoms with Crippen LogP contribution in [-0.2, 0) is 5.60 Å². The molecule has 29 heavy (non-hydrogen) atoms. The number of likely N-dealkylation sites (N-methyl/N-ethyl adjacent to an activating group) is 1. The molecule has 0 bridgehead atoms. The van der Waals surface area contributed by atoms with Crippen LogP contribution in [0.25, 0.3) is 0 Å². The quantitative estimate of drug-likeness (QED) is 0.833. The van der Waals surface area contributed by atoms with Gasteiger partial charge in [0.05, 0.1) is 16.6 Å². The Balaban J connectivity index is 1.62. The van der Waals surface area contributed by atoms with Crippen LogP contribution in [0.3, 0.4) is 0 Å². The van der Waals surface area contributed by atoms with Gasteiger partial charge in [-0.1, -0.05) is 41.9 Å². The average Bonchev–Trinajstić information content (AvgIpc) is 2.75. The number of carbonyl (C=O) groups is 1. The van der Waals surface area contributed by atoms with E-state index >= 15 is 0 Å². The predicted molar refractivity (Wildman–Crippen MR) is 113 cm³/mol. The minimum Gasteiger partial charge on any atom is -0.383 e. The number of likely N-dealkylation sites (tertiary alicyclic amines) is 1. The van der Waals surface area contributed by atoms with Crippen LogP contribution in [0.15, 0.2) is 48.8 Å². The van der Waals surface area contributed by atoms with Crippen LogP contribution in [0, 0.1) is 0 Å². The van der Waals surface area contributed by atoms with E-state index in [-0.39, 0.29) is 11.9 Å². The van der Waals surface area contributed by atoms with Gasteiger partial charge in [0, 0.05) is 51.7 Å². The Morgan fingerprint density at radius 1 is 1.14 bits per heavy atom. The Morgan fingerprint density at radius 3 is 2.55 bits per heavy atom. The maximum Gasteiger partial charge on any atom is 0.255 e. The van der Waals surface area contributed by atoms with Crippen molar-refractivity contribution in [1.82, 2.24) is 19.7 Å².